The summed E-state index contributed by atoms with van der Waals surface area (Å²) < 4.78 is 0. The van der Waals surface area contributed by atoms with Crippen molar-refractivity contribution >= 4 is 17.4 Å². The third-order valence-corrected chi connectivity index (χ3v) is 6.18. The van der Waals surface area contributed by atoms with Gasteiger partial charge in [-0.25, -0.2) is 15.0 Å². The van der Waals surface area contributed by atoms with Crippen LogP contribution in [0.1, 0.15) is 50.9 Å². The lowest BCUT2D eigenvalue weighted by atomic mass is 9.70. The summed E-state index contributed by atoms with van der Waals surface area (Å²) in [7, 11) is 0. The van der Waals surface area contributed by atoms with Gasteiger partial charge < -0.3 is 10.7 Å². The normalized spacial score (nSPS) is 28.9. The van der Waals surface area contributed by atoms with Crippen LogP contribution in [-0.4, -0.2) is 19.9 Å². The van der Waals surface area contributed by atoms with Gasteiger partial charge in [-0.3, -0.25) is 0 Å². The maximum absolute atomic E-state index is 6.17. The molecule has 2 heterocycles. The first kappa shape index (κ1) is 13.1. The van der Waals surface area contributed by atoms with Crippen molar-refractivity contribution in [1.29, 1.82) is 0 Å². The first-order valence-electron chi connectivity index (χ1n) is 7.23. The molecule has 2 bridgehead atoms. The fourth-order valence-corrected chi connectivity index (χ4v) is 4.43. The molecule has 1 fully saturated rings. The highest BCUT2D eigenvalue weighted by Gasteiger charge is 2.61. The van der Waals surface area contributed by atoms with Crippen LogP contribution in [0.4, 0.5) is 5.82 Å². The smallest absolute Gasteiger partial charge is 0.145 e. The van der Waals surface area contributed by atoms with Crippen LogP contribution in [-0.2, 0) is 5.41 Å². The summed E-state index contributed by atoms with van der Waals surface area (Å²) in [5.41, 5.74) is 9.31. The Morgan fingerprint density at radius 3 is 2.76 bits per heavy atom. The molecule has 0 amide bonds. The molecular weight excluding hydrogens is 286 g/mol. The molecule has 2 aromatic rings. The van der Waals surface area contributed by atoms with Gasteiger partial charge in [0.2, 0.25) is 0 Å². The maximum atomic E-state index is 6.17. The average Bonchev–Trinajstić information content (AvgIpc) is 2.96. The van der Waals surface area contributed by atoms with E-state index in [2.05, 4.69) is 35.7 Å². The molecule has 5 nitrogen and oxygen atoms in total. The number of fused-ring (bicyclic) bond motifs is 5. The SMILES string of the molecule is CC12CCC(c3[nH]c(-c4c(N)ncnc4Cl)nc31)C2(C)C. The first-order valence-corrected chi connectivity index (χ1v) is 7.61. The molecule has 3 N–H and O–H groups in total. The number of hydrogen-bond donors (Lipinski definition) is 2. The molecule has 1 saturated carbocycles. The van der Waals surface area contributed by atoms with E-state index in [9.17, 15) is 0 Å². The van der Waals surface area contributed by atoms with Crippen molar-refractivity contribution in [1.82, 2.24) is 19.9 Å². The van der Waals surface area contributed by atoms with Gasteiger partial charge in [0.25, 0.3) is 0 Å². The van der Waals surface area contributed by atoms with E-state index in [1.165, 1.54) is 24.9 Å². The number of aromatic amines is 1. The van der Waals surface area contributed by atoms with Crippen molar-refractivity contribution in [3.63, 3.8) is 0 Å². The van der Waals surface area contributed by atoms with E-state index in [1.807, 2.05) is 0 Å². The van der Waals surface area contributed by atoms with Gasteiger partial charge in [-0.05, 0) is 18.3 Å². The lowest BCUT2D eigenvalue weighted by Crippen LogP contribution is -2.32. The second-order valence-electron chi connectivity index (χ2n) is 6.92. The molecule has 4 rings (SSSR count). The van der Waals surface area contributed by atoms with E-state index in [0.29, 0.717) is 28.3 Å². The number of nitrogens with one attached hydrogen (secondary N) is 1. The molecule has 2 aliphatic rings. The van der Waals surface area contributed by atoms with Gasteiger partial charge in [0.15, 0.2) is 0 Å². The second-order valence-corrected chi connectivity index (χ2v) is 7.28. The predicted octanol–water partition coefficient (Wildman–Crippen LogP) is 3.28. The maximum Gasteiger partial charge on any atom is 0.145 e. The van der Waals surface area contributed by atoms with E-state index in [-0.39, 0.29) is 10.8 Å². The monoisotopic (exact) mass is 303 g/mol. The van der Waals surface area contributed by atoms with Crippen LogP contribution in [0.15, 0.2) is 6.33 Å². The van der Waals surface area contributed by atoms with Gasteiger partial charge >= 0.3 is 0 Å². The topological polar surface area (TPSA) is 80.5 Å². The van der Waals surface area contributed by atoms with E-state index in [4.69, 9.17) is 22.3 Å². The van der Waals surface area contributed by atoms with Crippen molar-refractivity contribution < 1.29 is 0 Å². The van der Waals surface area contributed by atoms with Crippen LogP contribution in [0.3, 0.4) is 0 Å². The van der Waals surface area contributed by atoms with E-state index in [1.54, 1.807) is 0 Å². The molecule has 2 aliphatic carbocycles. The minimum Gasteiger partial charge on any atom is -0.383 e. The van der Waals surface area contributed by atoms with Gasteiger partial charge in [-0.15, -0.1) is 0 Å². The summed E-state index contributed by atoms with van der Waals surface area (Å²) in [5, 5.41) is 0.340. The molecule has 0 saturated heterocycles. The zero-order valence-corrected chi connectivity index (χ0v) is 13.1. The van der Waals surface area contributed by atoms with Gasteiger partial charge in [0, 0.05) is 17.0 Å². The van der Waals surface area contributed by atoms with Crippen LogP contribution >= 0.6 is 11.6 Å². The Morgan fingerprint density at radius 1 is 1.33 bits per heavy atom. The molecule has 2 aromatic heterocycles. The Morgan fingerprint density at radius 2 is 2.10 bits per heavy atom. The Hall–Kier alpha value is -1.62. The fourth-order valence-electron chi connectivity index (χ4n) is 4.20. The number of rotatable bonds is 1. The van der Waals surface area contributed by atoms with Crippen LogP contribution in [0.25, 0.3) is 11.4 Å². The molecule has 2 unspecified atom stereocenters. The molecule has 0 aromatic carbocycles. The summed E-state index contributed by atoms with van der Waals surface area (Å²) in [5.74, 6) is 1.57. The lowest BCUT2D eigenvalue weighted by molar-refractivity contribution is 0.226. The van der Waals surface area contributed by atoms with Crippen molar-refractivity contribution in [2.24, 2.45) is 5.41 Å². The van der Waals surface area contributed by atoms with Crippen molar-refractivity contribution in [3.05, 3.63) is 22.9 Å². The van der Waals surface area contributed by atoms with Crippen molar-refractivity contribution in [2.75, 3.05) is 5.73 Å². The third-order valence-electron chi connectivity index (χ3n) is 5.90. The van der Waals surface area contributed by atoms with E-state index >= 15 is 0 Å². The Labute approximate surface area is 128 Å². The van der Waals surface area contributed by atoms with Gasteiger partial charge in [-0.2, -0.15) is 0 Å². The fraction of sp³-hybridized carbons (Fsp3) is 0.533. The van der Waals surface area contributed by atoms with E-state index in [0.717, 1.165) is 5.69 Å². The van der Waals surface area contributed by atoms with Gasteiger partial charge in [0.1, 0.15) is 23.1 Å². The predicted molar refractivity (Wildman–Crippen MR) is 82.1 cm³/mol. The Kier molecular flexibility index (Phi) is 2.35. The molecule has 0 aliphatic heterocycles. The number of nitrogens with two attached hydrogens (primary N) is 1. The van der Waals surface area contributed by atoms with Crippen LogP contribution in [0.5, 0.6) is 0 Å². The number of nitrogen functional groups attached to an aromatic ring is 1. The lowest BCUT2D eigenvalue weighted by Gasteiger charge is -2.34. The van der Waals surface area contributed by atoms with Crippen LogP contribution in [0, 0.1) is 5.41 Å². The summed E-state index contributed by atoms with van der Waals surface area (Å²) >= 11 is 6.17. The molecule has 2 atom stereocenters. The number of halogens is 1. The highest BCUT2D eigenvalue weighted by atomic mass is 35.5. The zero-order chi connectivity index (χ0) is 15.0. The number of hydrogen-bond acceptors (Lipinski definition) is 4. The number of H-pyrrole nitrogens is 1. The highest BCUT2D eigenvalue weighted by Crippen LogP contribution is 2.67. The molecule has 0 radical (unpaired) electrons. The standard InChI is InChI=1S/C15H18ClN5/c1-14(2)7-4-5-15(14,3)10-9(7)20-13(21-10)8-11(16)18-6-19-12(8)17/h6-7H,4-5H2,1-3H3,(H,20,21)(H2,17,18,19). The summed E-state index contributed by atoms with van der Waals surface area (Å²) in [6.45, 7) is 7.00. The van der Waals surface area contributed by atoms with Crippen molar-refractivity contribution in [3.8, 4) is 11.4 Å². The van der Waals surface area contributed by atoms with Gasteiger partial charge in [-0.1, -0.05) is 32.4 Å². The van der Waals surface area contributed by atoms with Crippen LogP contribution in [0.2, 0.25) is 5.15 Å². The molecular formula is C15H18ClN5. The summed E-state index contributed by atoms with van der Waals surface area (Å²) in [4.78, 5) is 16.3. The first-order chi connectivity index (χ1) is 9.86. The average molecular weight is 304 g/mol. The number of anilines is 1. The quantitative estimate of drug-likeness (QED) is 0.792. The summed E-state index contributed by atoms with van der Waals surface area (Å²) in [6.07, 6.45) is 3.75. The zero-order valence-electron chi connectivity index (χ0n) is 12.4. The second kappa shape index (κ2) is 3.77. The number of nitrogens with zero attached hydrogens (tertiary/aromatic N) is 3. The molecule has 110 valence electrons. The van der Waals surface area contributed by atoms with Crippen molar-refractivity contribution in [2.45, 2.75) is 44.9 Å². The summed E-state index contributed by atoms with van der Waals surface area (Å²) in [6, 6.07) is 0. The third kappa shape index (κ3) is 1.40. The Bertz CT molecular complexity index is 730. The molecule has 0 spiro atoms. The van der Waals surface area contributed by atoms with E-state index < -0.39 is 0 Å². The number of aromatic nitrogens is 4. The minimum absolute atomic E-state index is 0.110. The highest BCUT2D eigenvalue weighted by molar-refractivity contribution is 6.32. The van der Waals surface area contributed by atoms with Crippen LogP contribution < -0.4 is 5.73 Å². The molecule has 6 heteroatoms. The largest absolute Gasteiger partial charge is 0.383 e. The minimum atomic E-state index is 0.110. The van der Waals surface area contributed by atoms with Gasteiger partial charge in [0.05, 0.1) is 11.3 Å². The Balaban J connectivity index is 1.91. The number of imidazole rings is 1. The molecule has 21 heavy (non-hydrogen) atoms.